The van der Waals surface area contributed by atoms with E-state index in [1.54, 1.807) is 0 Å². The van der Waals surface area contributed by atoms with Gasteiger partial charge in [0, 0.05) is 5.41 Å². The highest BCUT2D eigenvalue weighted by Gasteiger charge is 2.32. The molecular formula is C11H15N3O4. The van der Waals surface area contributed by atoms with Crippen molar-refractivity contribution in [2.24, 2.45) is 5.73 Å². The predicted octanol–water partition coefficient (Wildman–Crippen LogP) is -0.644. The zero-order valence-corrected chi connectivity index (χ0v) is 10.3. The van der Waals surface area contributed by atoms with Gasteiger partial charge < -0.3 is 15.6 Å². The first-order valence-corrected chi connectivity index (χ1v) is 5.56. The van der Waals surface area contributed by atoms with E-state index in [2.05, 4.69) is 4.98 Å². The maximum absolute atomic E-state index is 12.0. The summed E-state index contributed by atoms with van der Waals surface area (Å²) in [5.74, 6) is -1.23. The molecule has 0 aromatic carbocycles. The number of ether oxygens (including phenoxy) is 1. The molecule has 0 saturated carbocycles. The van der Waals surface area contributed by atoms with Gasteiger partial charge in [0.15, 0.2) is 5.69 Å². The van der Waals surface area contributed by atoms with Gasteiger partial charge >= 0.3 is 0 Å². The van der Waals surface area contributed by atoms with Crippen LogP contribution in [0.5, 0.6) is 5.75 Å². The first-order chi connectivity index (χ1) is 8.34. The molecule has 1 aliphatic heterocycles. The van der Waals surface area contributed by atoms with Crippen LogP contribution in [-0.2, 0) is 16.7 Å². The lowest BCUT2D eigenvalue weighted by molar-refractivity contribution is 0.0987. The van der Waals surface area contributed by atoms with Gasteiger partial charge in [-0.2, -0.15) is 0 Å². The van der Waals surface area contributed by atoms with Gasteiger partial charge in [0.1, 0.15) is 5.82 Å². The second-order valence-corrected chi connectivity index (χ2v) is 4.89. The van der Waals surface area contributed by atoms with Crippen molar-refractivity contribution < 1.29 is 14.6 Å². The number of aromatic hydroxyl groups is 1. The Morgan fingerprint density at radius 1 is 1.56 bits per heavy atom. The molecule has 0 bridgehead atoms. The number of primary amides is 1. The van der Waals surface area contributed by atoms with Gasteiger partial charge in [-0.1, -0.05) is 13.8 Å². The molecule has 18 heavy (non-hydrogen) atoms. The van der Waals surface area contributed by atoms with E-state index in [0.717, 1.165) is 0 Å². The topological polar surface area (TPSA) is 107 Å². The number of carbonyl (C=O) groups is 1. The van der Waals surface area contributed by atoms with Crippen molar-refractivity contribution in [2.75, 3.05) is 13.2 Å². The zero-order valence-electron chi connectivity index (χ0n) is 10.3. The standard InChI is InChI=1S/C11H15N3O4/c1-11(2)5-18-4-3-14-9(17)7(15)6(8(12)16)13-10(11)14/h15H,3-5H2,1-2H3,(H2,12,16). The van der Waals surface area contributed by atoms with Crippen LogP contribution in [0.3, 0.4) is 0 Å². The number of rotatable bonds is 1. The third-order valence-corrected chi connectivity index (χ3v) is 2.91. The smallest absolute Gasteiger partial charge is 0.296 e. The van der Waals surface area contributed by atoms with Crippen molar-refractivity contribution >= 4 is 5.91 Å². The molecule has 0 fully saturated rings. The van der Waals surface area contributed by atoms with E-state index >= 15 is 0 Å². The number of aromatic nitrogens is 2. The normalized spacial score (nSPS) is 17.9. The molecule has 0 aliphatic carbocycles. The first-order valence-electron chi connectivity index (χ1n) is 5.56. The molecule has 1 aromatic rings. The SMILES string of the molecule is CC1(C)COCCn2c1nc(C(N)=O)c(O)c2=O. The minimum absolute atomic E-state index is 0.289. The summed E-state index contributed by atoms with van der Waals surface area (Å²) in [6, 6.07) is 0. The lowest BCUT2D eigenvalue weighted by Crippen LogP contribution is -2.35. The van der Waals surface area contributed by atoms with Crippen LogP contribution in [-0.4, -0.2) is 33.8 Å². The van der Waals surface area contributed by atoms with Crippen molar-refractivity contribution in [3.63, 3.8) is 0 Å². The third-order valence-electron chi connectivity index (χ3n) is 2.91. The number of hydrogen-bond acceptors (Lipinski definition) is 5. The van der Waals surface area contributed by atoms with Crippen LogP contribution in [0.1, 0.15) is 30.2 Å². The summed E-state index contributed by atoms with van der Waals surface area (Å²) in [5, 5.41) is 9.65. The molecule has 1 aliphatic rings. The molecule has 0 atom stereocenters. The highest BCUT2D eigenvalue weighted by molar-refractivity contribution is 5.93. The van der Waals surface area contributed by atoms with Crippen LogP contribution in [0.2, 0.25) is 0 Å². The second-order valence-electron chi connectivity index (χ2n) is 4.89. The summed E-state index contributed by atoms with van der Waals surface area (Å²) >= 11 is 0. The molecule has 7 heteroatoms. The van der Waals surface area contributed by atoms with Crippen LogP contribution in [0.15, 0.2) is 4.79 Å². The van der Waals surface area contributed by atoms with Crippen LogP contribution < -0.4 is 11.3 Å². The van der Waals surface area contributed by atoms with E-state index in [1.807, 2.05) is 13.8 Å². The minimum Gasteiger partial charge on any atom is -0.501 e. The molecule has 0 spiro atoms. The fraction of sp³-hybridized carbons (Fsp3) is 0.545. The molecular weight excluding hydrogens is 238 g/mol. The fourth-order valence-corrected chi connectivity index (χ4v) is 1.99. The largest absolute Gasteiger partial charge is 0.501 e. The highest BCUT2D eigenvalue weighted by Crippen LogP contribution is 2.25. The lowest BCUT2D eigenvalue weighted by Gasteiger charge is -2.23. The molecule has 98 valence electrons. The van der Waals surface area contributed by atoms with Gasteiger partial charge in [0.25, 0.3) is 11.5 Å². The number of nitrogens with two attached hydrogens (primary N) is 1. The van der Waals surface area contributed by atoms with Gasteiger partial charge in [0.2, 0.25) is 5.75 Å². The van der Waals surface area contributed by atoms with E-state index in [0.29, 0.717) is 19.0 Å². The second kappa shape index (κ2) is 4.09. The molecule has 2 heterocycles. The van der Waals surface area contributed by atoms with Gasteiger partial charge in [0.05, 0.1) is 19.8 Å². The molecule has 0 saturated heterocycles. The Morgan fingerprint density at radius 3 is 2.83 bits per heavy atom. The Labute approximate surface area is 103 Å². The summed E-state index contributed by atoms with van der Waals surface area (Å²) in [6.45, 7) is 4.71. The number of carbonyl (C=O) groups excluding carboxylic acids is 1. The van der Waals surface area contributed by atoms with E-state index in [9.17, 15) is 14.7 Å². The summed E-state index contributed by atoms with van der Waals surface area (Å²) in [7, 11) is 0. The summed E-state index contributed by atoms with van der Waals surface area (Å²) < 4.78 is 6.72. The zero-order chi connectivity index (χ0) is 13.5. The van der Waals surface area contributed by atoms with Crippen molar-refractivity contribution in [1.82, 2.24) is 9.55 Å². The monoisotopic (exact) mass is 253 g/mol. The first kappa shape index (κ1) is 12.6. The van der Waals surface area contributed by atoms with Gasteiger partial charge in [-0.25, -0.2) is 4.98 Å². The van der Waals surface area contributed by atoms with Crippen molar-refractivity contribution in [3.05, 3.63) is 21.9 Å². The maximum Gasteiger partial charge on any atom is 0.296 e. The van der Waals surface area contributed by atoms with Crippen LogP contribution >= 0.6 is 0 Å². The average molecular weight is 253 g/mol. The van der Waals surface area contributed by atoms with Gasteiger partial charge in [-0.3, -0.25) is 14.2 Å². The summed E-state index contributed by atoms with van der Waals surface area (Å²) in [5.41, 5.74) is 3.52. The van der Waals surface area contributed by atoms with Crippen molar-refractivity contribution in [2.45, 2.75) is 25.8 Å². The van der Waals surface area contributed by atoms with Crippen molar-refractivity contribution in [1.29, 1.82) is 0 Å². The fourth-order valence-electron chi connectivity index (χ4n) is 1.99. The lowest BCUT2D eigenvalue weighted by atomic mass is 9.93. The maximum atomic E-state index is 12.0. The van der Waals surface area contributed by atoms with Crippen LogP contribution in [0.25, 0.3) is 0 Å². The third kappa shape index (κ3) is 1.86. The molecule has 0 unspecified atom stereocenters. The van der Waals surface area contributed by atoms with Crippen LogP contribution in [0.4, 0.5) is 0 Å². The Bertz CT molecular complexity index is 562. The van der Waals surface area contributed by atoms with E-state index < -0.39 is 22.6 Å². The Morgan fingerprint density at radius 2 is 2.22 bits per heavy atom. The predicted molar refractivity (Wildman–Crippen MR) is 62.5 cm³/mol. The molecule has 1 amide bonds. The Hall–Kier alpha value is -1.89. The van der Waals surface area contributed by atoms with Gasteiger partial charge in [-0.05, 0) is 0 Å². The molecule has 7 nitrogen and oxygen atoms in total. The molecule has 2 rings (SSSR count). The summed E-state index contributed by atoms with van der Waals surface area (Å²) in [6.07, 6.45) is 0. The van der Waals surface area contributed by atoms with E-state index in [-0.39, 0.29) is 12.2 Å². The number of nitrogens with zero attached hydrogens (tertiary/aromatic N) is 2. The quantitative estimate of drug-likeness (QED) is 0.692. The summed E-state index contributed by atoms with van der Waals surface area (Å²) in [4.78, 5) is 27.2. The minimum atomic E-state index is -0.922. The molecule has 0 radical (unpaired) electrons. The van der Waals surface area contributed by atoms with Crippen molar-refractivity contribution in [3.8, 4) is 5.75 Å². The van der Waals surface area contributed by atoms with Gasteiger partial charge in [-0.15, -0.1) is 0 Å². The Balaban J connectivity index is 2.77. The highest BCUT2D eigenvalue weighted by atomic mass is 16.5. The Kier molecular flexibility index (Phi) is 2.86. The van der Waals surface area contributed by atoms with E-state index in [4.69, 9.17) is 10.5 Å². The number of amides is 1. The average Bonchev–Trinajstić information content (AvgIpc) is 2.42. The molecule has 3 N–H and O–H groups in total. The number of fused-ring (bicyclic) bond motifs is 1. The van der Waals surface area contributed by atoms with Crippen LogP contribution in [0, 0.1) is 0 Å². The number of hydrogen-bond donors (Lipinski definition) is 2. The molecule has 1 aromatic heterocycles. The van der Waals surface area contributed by atoms with E-state index in [1.165, 1.54) is 4.57 Å².